The third-order valence-corrected chi connectivity index (χ3v) is 20.7. The molecule has 0 amide bonds. The highest BCUT2D eigenvalue weighted by atomic mass is 16.3. The molecule has 3 heterocycles. The van der Waals surface area contributed by atoms with Gasteiger partial charge in [-0.3, -0.25) is 0 Å². The molecule has 3 aliphatic carbocycles. The highest BCUT2D eigenvalue weighted by molar-refractivity contribution is 7.00. The van der Waals surface area contributed by atoms with E-state index in [1.807, 2.05) is 0 Å². The average Bonchev–Trinajstić information content (AvgIpc) is 3.96. The molecule has 0 unspecified atom stereocenters. The first-order valence-corrected chi connectivity index (χ1v) is 30.5. The minimum Gasteiger partial charge on any atom is -0.468 e. The quantitative estimate of drug-likeness (QED) is 0.160. The second-order valence-corrected chi connectivity index (χ2v) is 30.3. The number of furan rings is 1. The van der Waals surface area contributed by atoms with Crippen molar-refractivity contribution in [3.8, 4) is 11.1 Å². The number of benzene rings is 8. The smallest absolute Gasteiger partial charge is 0.297 e. The van der Waals surface area contributed by atoms with Crippen molar-refractivity contribution >= 4 is 85.5 Å². The fourth-order valence-electron chi connectivity index (χ4n) is 15.4. The van der Waals surface area contributed by atoms with Crippen molar-refractivity contribution in [2.24, 2.45) is 0 Å². The SMILES string of the molecule is CC(C)(C)c1ccc2c(c1)B1c3oc4cc5c(cc4c3N(c3ccc4c(c3)C(C)(C)CCC4(C)C)c3cc(N(c4ccccc4)c4ccccc4)cc(c31)N2c1cccc2c1-c1ccc(C(C)(C)C)cc1C2(C)C)C(C)(C)CCC5(C)C. The molecule has 0 fully saturated rings. The summed E-state index contributed by atoms with van der Waals surface area (Å²) in [6, 6.07) is 61.5. The van der Waals surface area contributed by atoms with E-state index in [1.54, 1.807) is 0 Å². The molecule has 0 radical (unpaired) electrons. The zero-order valence-corrected chi connectivity index (χ0v) is 51.7. The Morgan fingerprint density at radius 3 is 1.60 bits per heavy atom. The molecule has 9 aromatic rings. The van der Waals surface area contributed by atoms with Gasteiger partial charge in [-0.2, -0.15) is 0 Å². The van der Waals surface area contributed by atoms with Gasteiger partial charge in [0.05, 0.1) is 22.7 Å². The van der Waals surface area contributed by atoms with Gasteiger partial charge in [-0.05, 0) is 192 Å². The van der Waals surface area contributed by atoms with Gasteiger partial charge in [0.25, 0.3) is 6.71 Å². The van der Waals surface area contributed by atoms with Crippen LogP contribution < -0.4 is 31.3 Å². The predicted molar refractivity (Wildman–Crippen MR) is 350 cm³/mol. The summed E-state index contributed by atoms with van der Waals surface area (Å²) >= 11 is 0. The van der Waals surface area contributed by atoms with E-state index in [1.165, 1.54) is 94.7 Å². The average molecular weight is 1080 g/mol. The molecule has 0 N–H and O–H groups in total. The first-order chi connectivity index (χ1) is 38.7. The Labute approximate surface area is 489 Å². The molecule has 82 heavy (non-hydrogen) atoms. The van der Waals surface area contributed by atoms with Crippen LogP contribution in [0.1, 0.15) is 181 Å². The molecule has 0 saturated carbocycles. The molecule has 0 spiro atoms. The highest BCUT2D eigenvalue weighted by Gasteiger charge is 2.50. The van der Waals surface area contributed by atoms with Gasteiger partial charge in [0.1, 0.15) is 5.58 Å². The normalized spacial score (nSPS) is 18.2. The van der Waals surface area contributed by atoms with Crippen LogP contribution in [0.5, 0.6) is 0 Å². The summed E-state index contributed by atoms with van der Waals surface area (Å²) in [4.78, 5) is 7.81. The molecule has 8 aromatic carbocycles. The Bertz CT molecular complexity index is 4080. The van der Waals surface area contributed by atoms with Crippen LogP contribution in [0.4, 0.5) is 51.2 Å². The van der Waals surface area contributed by atoms with Gasteiger partial charge in [-0.1, -0.05) is 196 Å². The Morgan fingerprint density at radius 2 is 0.988 bits per heavy atom. The minimum atomic E-state index is -0.228. The van der Waals surface area contributed by atoms with Crippen molar-refractivity contribution in [2.75, 3.05) is 14.7 Å². The molecule has 0 saturated heterocycles. The standard InChI is InChI=1S/C77H82BN3O/c1-71(2,3)47-30-33-53-57(40-47)77(15,16)56-28-23-29-63(67(53)56)81-62-35-31-48(72(4,5)6)41-61(62)78-68-64(43-52(44-65(68)81)79(49-24-19-17-20-25-49)50-26-21-18-22-27-50)80(51-32-34-55-58(42-51)74(9,10)37-36-73(55,7)8)69-54-45-59-60(46-66(54)82-70(69)78)76(13,14)39-38-75(59,11)12/h17-35,40-46H,36-39H2,1-16H3. The second kappa shape index (κ2) is 17.4. The molecule has 0 atom stereocenters. The van der Waals surface area contributed by atoms with Crippen molar-refractivity contribution in [1.29, 1.82) is 0 Å². The van der Waals surface area contributed by atoms with E-state index in [0.29, 0.717) is 0 Å². The lowest BCUT2D eigenvalue weighted by Crippen LogP contribution is -2.61. The minimum absolute atomic E-state index is 0.00324. The van der Waals surface area contributed by atoms with Gasteiger partial charge < -0.3 is 19.1 Å². The summed E-state index contributed by atoms with van der Waals surface area (Å²) in [5.74, 6) is 0. The lowest BCUT2D eigenvalue weighted by Gasteiger charge is -2.45. The van der Waals surface area contributed by atoms with Crippen molar-refractivity contribution in [1.82, 2.24) is 0 Å². The maximum atomic E-state index is 7.86. The van der Waals surface area contributed by atoms with Gasteiger partial charge in [-0.25, -0.2) is 0 Å². The van der Waals surface area contributed by atoms with Crippen LogP contribution in [0.25, 0.3) is 22.1 Å². The van der Waals surface area contributed by atoms with Crippen molar-refractivity contribution in [3.63, 3.8) is 0 Å². The van der Waals surface area contributed by atoms with Gasteiger partial charge >= 0.3 is 0 Å². The molecule has 4 nitrogen and oxygen atoms in total. The molecule has 0 bridgehead atoms. The van der Waals surface area contributed by atoms with Crippen molar-refractivity contribution in [3.05, 3.63) is 202 Å². The molecule has 414 valence electrons. The summed E-state index contributed by atoms with van der Waals surface area (Å²) in [5, 5.41) is 1.18. The number of anilines is 9. The molecule has 5 heteroatoms. The third kappa shape index (κ3) is 7.76. The lowest BCUT2D eigenvalue weighted by atomic mass is 9.35. The van der Waals surface area contributed by atoms with Crippen LogP contribution in [-0.4, -0.2) is 6.71 Å². The van der Waals surface area contributed by atoms with Crippen LogP contribution in [0.3, 0.4) is 0 Å². The van der Waals surface area contributed by atoms with Gasteiger partial charge in [0.2, 0.25) is 0 Å². The van der Waals surface area contributed by atoms with E-state index < -0.39 is 0 Å². The Balaban J connectivity index is 1.16. The Hall–Kier alpha value is -7.24. The van der Waals surface area contributed by atoms with Crippen LogP contribution >= 0.6 is 0 Å². The summed E-state index contributed by atoms with van der Waals surface area (Å²) in [6.07, 6.45) is 4.55. The van der Waals surface area contributed by atoms with E-state index >= 15 is 0 Å². The van der Waals surface area contributed by atoms with Crippen LogP contribution in [0.15, 0.2) is 162 Å². The summed E-state index contributed by atoms with van der Waals surface area (Å²) in [7, 11) is 0. The predicted octanol–water partition coefficient (Wildman–Crippen LogP) is 19.6. The van der Waals surface area contributed by atoms with Gasteiger partial charge in [-0.15, -0.1) is 0 Å². The van der Waals surface area contributed by atoms with Gasteiger partial charge in [0, 0.05) is 50.5 Å². The molecular weight excluding hydrogens is 994 g/mol. The number of hydrogen-bond donors (Lipinski definition) is 0. The van der Waals surface area contributed by atoms with Crippen molar-refractivity contribution in [2.45, 2.75) is 174 Å². The molecular formula is C77H82BN3O. The maximum Gasteiger partial charge on any atom is 0.297 e. The largest absolute Gasteiger partial charge is 0.468 e. The topological polar surface area (TPSA) is 22.9 Å². The second-order valence-electron chi connectivity index (χ2n) is 30.3. The van der Waals surface area contributed by atoms with Crippen LogP contribution in [0.2, 0.25) is 0 Å². The molecule has 5 aliphatic rings. The highest BCUT2D eigenvalue weighted by Crippen LogP contribution is 2.58. The monoisotopic (exact) mass is 1080 g/mol. The Morgan fingerprint density at radius 1 is 0.439 bits per heavy atom. The van der Waals surface area contributed by atoms with E-state index in [2.05, 4.69) is 283 Å². The molecule has 2 aliphatic heterocycles. The summed E-state index contributed by atoms with van der Waals surface area (Å²) < 4.78 is 7.86. The number of fused-ring (bicyclic) bond motifs is 11. The zero-order chi connectivity index (χ0) is 57.6. The fraction of sp³-hybridized carbons (Fsp3) is 0.351. The number of rotatable bonds is 5. The van der Waals surface area contributed by atoms with Crippen LogP contribution in [-0.2, 0) is 37.9 Å². The lowest BCUT2D eigenvalue weighted by molar-refractivity contribution is 0.332. The third-order valence-electron chi connectivity index (χ3n) is 20.7. The fourth-order valence-corrected chi connectivity index (χ4v) is 15.4. The van der Waals surface area contributed by atoms with Gasteiger partial charge in [0.15, 0.2) is 0 Å². The first kappa shape index (κ1) is 52.8. The summed E-state index contributed by atoms with van der Waals surface area (Å²) in [6.45, 7) is 38.4. The maximum absolute atomic E-state index is 7.86. The zero-order valence-electron chi connectivity index (χ0n) is 51.7. The number of nitrogens with zero attached hydrogens (tertiary/aromatic N) is 3. The molecule has 14 rings (SSSR count). The summed E-state index contributed by atoms with van der Waals surface area (Å²) in [5.41, 5.74) is 28.3. The number of para-hydroxylation sites is 2. The van der Waals surface area contributed by atoms with E-state index in [-0.39, 0.29) is 44.6 Å². The number of hydrogen-bond acceptors (Lipinski definition) is 4. The molecule has 1 aromatic heterocycles. The van der Waals surface area contributed by atoms with Crippen LogP contribution in [0, 0.1) is 0 Å². The van der Waals surface area contributed by atoms with E-state index in [4.69, 9.17) is 4.42 Å². The van der Waals surface area contributed by atoms with E-state index in [9.17, 15) is 0 Å². The first-order valence-electron chi connectivity index (χ1n) is 30.5. The van der Waals surface area contributed by atoms with E-state index in [0.717, 1.165) is 65.4 Å². The Kier molecular flexibility index (Phi) is 11.2. The van der Waals surface area contributed by atoms with Crippen molar-refractivity contribution < 1.29 is 4.42 Å².